The van der Waals surface area contributed by atoms with Crippen LogP contribution in [0.5, 0.6) is 0 Å². The van der Waals surface area contributed by atoms with Crippen LogP contribution < -0.4 is 5.32 Å². The van der Waals surface area contributed by atoms with E-state index in [0.717, 1.165) is 17.8 Å². The molecule has 2 heterocycles. The van der Waals surface area contributed by atoms with E-state index in [1.54, 1.807) is 23.0 Å². The number of nitrogens with one attached hydrogen (secondary N) is 1. The summed E-state index contributed by atoms with van der Waals surface area (Å²) in [7, 11) is 0. The van der Waals surface area contributed by atoms with Crippen LogP contribution >= 0.6 is 11.3 Å². The first-order chi connectivity index (χ1) is 7.36. The van der Waals surface area contributed by atoms with E-state index >= 15 is 0 Å². The van der Waals surface area contributed by atoms with Crippen LogP contribution in [0.3, 0.4) is 0 Å². The maximum atomic E-state index is 11.9. The van der Waals surface area contributed by atoms with Crippen LogP contribution in [0.25, 0.3) is 0 Å². The van der Waals surface area contributed by atoms with Crippen LogP contribution in [-0.2, 0) is 11.2 Å². The summed E-state index contributed by atoms with van der Waals surface area (Å²) < 4.78 is 0. The van der Waals surface area contributed by atoms with Gasteiger partial charge in [0.1, 0.15) is 0 Å². The number of carbonyl (C=O) groups is 1. The Balaban J connectivity index is 1.89. The van der Waals surface area contributed by atoms with Gasteiger partial charge in [-0.3, -0.25) is 9.78 Å². The van der Waals surface area contributed by atoms with Crippen molar-refractivity contribution in [3.63, 3.8) is 0 Å². The van der Waals surface area contributed by atoms with Crippen molar-refractivity contribution in [3.05, 3.63) is 16.6 Å². The molecule has 82 valence electrons. The van der Waals surface area contributed by atoms with Crippen molar-refractivity contribution < 1.29 is 4.79 Å². The molecule has 0 aromatic carbocycles. The Morgan fingerprint density at radius 1 is 1.53 bits per heavy atom. The van der Waals surface area contributed by atoms with Crippen LogP contribution in [0.4, 0.5) is 0 Å². The fourth-order valence-electron chi connectivity index (χ4n) is 1.93. The Bertz CT molecular complexity index is 302. The fraction of sp³-hybridized carbons (Fsp3) is 0.636. The lowest BCUT2D eigenvalue weighted by atomic mass is 10.0. The topological polar surface area (TPSA) is 42.0 Å². The lowest BCUT2D eigenvalue weighted by Crippen LogP contribution is -2.36. The molecule has 1 aromatic heterocycles. The Labute approximate surface area is 93.9 Å². The highest BCUT2D eigenvalue weighted by Crippen LogP contribution is 2.13. The lowest BCUT2D eigenvalue weighted by Gasteiger charge is -2.13. The molecule has 0 aliphatic carbocycles. The van der Waals surface area contributed by atoms with Crippen molar-refractivity contribution in [1.82, 2.24) is 10.3 Å². The minimum absolute atomic E-state index is 0.0783. The molecule has 0 amide bonds. The van der Waals surface area contributed by atoms with Gasteiger partial charge in [-0.15, -0.1) is 11.3 Å². The van der Waals surface area contributed by atoms with Crippen molar-refractivity contribution >= 4 is 17.1 Å². The second-order valence-corrected chi connectivity index (χ2v) is 4.94. The number of hydrogen-bond donors (Lipinski definition) is 1. The molecule has 1 N–H and O–H groups in total. The maximum absolute atomic E-state index is 11.9. The molecular weight excluding hydrogens is 208 g/mol. The number of Topliss-reactive ketones (excluding diaryl/α,β-unsaturated/α-hetero) is 1. The first-order valence-electron chi connectivity index (χ1n) is 5.50. The zero-order chi connectivity index (χ0) is 10.5. The summed E-state index contributed by atoms with van der Waals surface area (Å²) in [5.74, 6) is 0.321. The number of carbonyl (C=O) groups excluding carboxylic acids is 1. The molecule has 1 aromatic rings. The van der Waals surface area contributed by atoms with Gasteiger partial charge in [0.05, 0.1) is 11.6 Å². The van der Waals surface area contributed by atoms with Gasteiger partial charge in [0, 0.05) is 17.5 Å². The van der Waals surface area contributed by atoms with Gasteiger partial charge in [0.25, 0.3) is 0 Å². The van der Waals surface area contributed by atoms with Crippen molar-refractivity contribution in [3.8, 4) is 0 Å². The number of aromatic nitrogens is 1. The molecule has 1 saturated heterocycles. The van der Waals surface area contributed by atoms with E-state index in [-0.39, 0.29) is 6.04 Å². The monoisotopic (exact) mass is 224 g/mol. The van der Waals surface area contributed by atoms with E-state index < -0.39 is 0 Å². The van der Waals surface area contributed by atoms with Crippen LogP contribution in [0.15, 0.2) is 11.7 Å². The average Bonchev–Trinajstić information content (AvgIpc) is 2.58. The third kappa shape index (κ3) is 3.11. The molecule has 1 fully saturated rings. The van der Waals surface area contributed by atoms with Gasteiger partial charge in [-0.2, -0.15) is 0 Å². The van der Waals surface area contributed by atoms with Crippen LogP contribution in [0.1, 0.15) is 30.6 Å². The van der Waals surface area contributed by atoms with E-state index in [9.17, 15) is 4.79 Å². The van der Waals surface area contributed by atoms with Gasteiger partial charge >= 0.3 is 0 Å². The summed E-state index contributed by atoms with van der Waals surface area (Å²) >= 11 is 1.56. The minimum atomic E-state index is 0.0783. The van der Waals surface area contributed by atoms with Crippen molar-refractivity contribution in [2.75, 3.05) is 6.54 Å². The first kappa shape index (κ1) is 10.8. The van der Waals surface area contributed by atoms with Crippen molar-refractivity contribution in [2.24, 2.45) is 0 Å². The van der Waals surface area contributed by atoms with Gasteiger partial charge in [-0.1, -0.05) is 12.8 Å². The zero-order valence-electron chi connectivity index (χ0n) is 8.74. The van der Waals surface area contributed by atoms with Crippen LogP contribution in [0, 0.1) is 0 Å². The molecule has 1 aliphatic heterocycles. The smallest absolute Gasteiger partial charge is 0.154 e. The van der Waals surface area contributed by atoms with Crippen LogP contribution in [0.2, 0.25) is 0 Å². The predicted molar refractivity (Wildman–Crippen MR) is 61.1 cm³/mol. The minimum Gasteiger partial charge on any atom is -0.307 e. The van der Waals surface area contributed by atoms with Gasteiger partial charge in [-0.25, -0.2) is 0 Å². The molecule has 0 bridgehead atoms. The highest BCUT2D eigenvalue weighted by Gasteiger charge is 2.19. The Hall–Kier alpha value is -0.740. The molecular formula is C11H16N2OS. The highest BCUT2D eigenvalue weighted by atomic mass is 32.1. The third-order valence-corrected chi connectivity index (χ3v) is 3.56. The van der Waals surface area contributed by atoms with Gasteiger partial charge in [0.2, 0.25) is 0 Å². The summed E-state index contributed by atoms with van der Waals surface area (Å²) in [6.45, 7) is 0.985. The maximum Gasteiger partial charge on any atom is 0.154 e. The fourth-order valence-corrected chi connectivity index (χ4v) is 2.53. The molecule has 0 spiro atoms. The summed E-state index contributed by atoms with van der Waals surface area (Å²) in [5.41, 5.74) is 1.78. The summed E-state index contributed by atoms with van der Waals surface area (Å²) in [5, 5.41) is 3.33. The van der Waals surface area contributed by atoms with Crippen LogP contribution in [-0.4, -0.2) is 23.4 Å². The molecule has 1 atom stereocenters. The summed E-state index contributed by atoms with van der Waals surface area (Å²) in [4.78, 5) is 17.0. The predicted octanol–water partition coefficient (Wildman–Crippen LogP) is 1.79. The molecule has 1 aliphatic rings. The molecule has 4 heteroatoms. The van der Waals surface area contributed by atoms with E-state index in [4.69, 9.17) is 0 Å². The number of ketones is 1. The normalized spacial score (nSPS) is 22.3. The van der Waals surface area contributed by atoms with E-state index in [2.05, 4.69) is 10.3 Å². The van der Waals surface area contributed by atoms with Crippen molar-refractivity contribution in [2.45, 2.75) is 38.1 Å². The van der Waals surface area contributed by atoms with E-state index in [0.29, 0.717) is 12.2 Å². The molecule has 0 saturated carbocycles. The zero-order valence-corrected chi connectivity index (χ0v) is 9.55. The Morgan fingerprint density at radius 3 is 3.27 bits per heavy atom. The highest BCUT2D eigenvalue weighted by molar-refractivity contribution is 7.09. The summed E-state index contributed by atoms with van der Waals surface area (Å²) in [6, 6.07) is 0.0783. The van der Waals surface area contributed by atoms with Crippen molar-refractivity contribution in [1.29, 1.82) is 0 Å². The average molecular weight is 224 g/mol. The number of thiazole rings is 1. The summed E-state index contributed by atoms with van der Waals surface area (Å²) in [6.07, 6.45) is 6.95. The standard InChI is InChI=1S/C11H16N2OS/c14-11(6-9-7-12-8-15-9)10-4-2-1-3-5-13-10/h7-8,10,13H,1-6H2. The Kier molecular flexibility index (Phi) is 3.86. The number of nitrogens with zero attached hydrogens (tertiary/aromatic N) is 1. The molecule has 15 heavy (non-hydrogen) atoms. The quantitative estimate of drug-likeness (QED) is 0.851. The molecule has 2 rings (SSSR count). The molecule has 0 radical (unpaired) electrons. The van der Waals surface area contributed by atoms with E-state index in [1.165, 1.54) is 19.3 Å². The SMILES string of the molecule is O=C(Cc1cncs1)C1CCCCCN1. The Morgan fingerprint density at radius 2 is 2.47 bits per heavy atom. The molecule has 3 nitrogen and oxygen atoms in total. The molecule has 1 unspecified atom stereocenters. The number of hydrogen-bond acceptors (Lipinski definition) is 4. The second kappa shape index (κ2) is 5.37. The number of rotatable bonds is 3. The lowest BCUT2D eigenvalue weighted by molar-refractivity contribution is -0.120. The van der Waals surface area contributed by atoms with Gasteiger partial charge in [0.15, 0.2) is 5.78 Å². The first-order valence-corrected chi connectivity index (χ1v) is 6.37. The third-order valence-electron chi connectivity index (χ3n) is 2.78. The van der Waals surface area contributed by atoms with E-state index in [1.807, 2.05) is 0 Å². The van der Waals surface area contributed by atoms with Gasteiger partial charge < -0.3 is 5.32 Å². The second-order valence-electron chi connectivity index (χ2n) is 3.97. The largest absolute Gasteiger partial charge is 0.307 e. The van der Waals surface area contributed by atoms with Gasteiger partial charge in [-0.05, 0) is 19.4 Å².